The third kappa shape index (κ3) is 4.29. The molecule has 18 heavy (non-hydrogen) atoms. The number of amides is 2. The highest BCUT2D eigenvalue weighted by molar-refractivity contribution is 5.87. The molecule has 0 radical (unpaired) electrons. The van der Waals surface area contributed by atoms with Crippen LogP contribution in [0.15, 0.2) is 0 Å². The zero-order valence-electron chi connectivity index (χ0n) is 11.7. The van der Waals surface area contributed by atoms with Gasteiger partial charge in [-0.3, -0.25) is 9.59 Å². The van der Waals surface area contributed by atoms with E-state index in [4.69, 9.17) is 0 Å². The molecule has 0 spiro atoms. The number of carbonyl (C=O) groups is 2. The van der Waals surface area contributed by atoms with Gasteiger partial charge >= 0.3 is 0 Å². The Morgan fingerprint density at radius 2 is 2.00 bits per heavy atom. The summed E-state index contributed by atoms with van der Waals surface area (Å²) in [5, 5.41) is 5.92. The third-order valence-corrected chi connectivity index (χ3v) is 3.51. The number of hydrogen-bond acceptors (Lipinski definition) is 3. The Morgan fingerprint density at radius 1 is 1.33 bits per heavy atom. The first-order valence-electron chi connectivity index (χ1n) is 6.87. The molecular weight excluding hydrogens is 230 g/mol. The molecule has 0 aromatic rings. The van der Waals surface area contributed by atoms with Crippen molar-refractivity contribution in [3.8, 4) is 0 Å². The fourth-order valence-electron chi connectivity index (χ4n) is 2.28. The maximum Gasteiger partial charge on any atom is 0.241 e. The highest BCUT2D eigenvalue weighted by Crippen LogP contribution is 2.14. The zero-order chi connectivity index (χ0) is 13.5. The molecule has 0 aromatic carbocycles. The lowest BCUT2D eigenvalue weighted by atomic mass is 9.94. The van der Waals surface area contributed by atoms with E-state index < -0.39 is 0 Å². The number of hydrogen-bond donors (Lipinski definition) is 2. The first-order chi connectivity index (χ1) is 8.58. The molecule has 5 heteroatoms. The summed E-state index contributed by atoms with van der Waals surface area (Å²) in [5.74, 6) is 0.500. The van der Waals surface area contributed by atoms with Crippen molar-refractivity contribution in [2.75, 3.05) is 26.2 Å². The van der Waals surface area contributed by atoms with Gasteiger partial charge in [-0.05, 0) is 39.2 Å². The lowest BCUT2D eigenvalue weighted by Gasteiger charge is -2.27. The van der Waals surface area contributed by atoms with Crippen molar-refractivity contribution in [1.29, 1.82) is 0 Å². The second-order valence-electron chi connectivity index (χ2n) is 4.92. The van der Waals surface area contributed by atoms with Crippen molar-refractivity contribution >= 4 is 11.8 Å². The van der Waals surface area contributed by atoms with E-state index in [-0.39, 0.29) is 24.4 Å². The minimum atomic E-state index is -0.141. The standard InChI is InChI=1S/C13H25N3O2/c1-4-16(5-2)12(17)9-15-13(18)11-8-10(3)6-7-14-11/h10-11,14H,4-9H2,1-3H3,(H,15,18). The van der Waals surface area contributed by atoms with E-state index in [9.17, 15) is 9.59 Å². The molecule has 2 N–H and O–H groups in total. The maximum absolute atomic E-state index is 11.9. The Kier molecular flexibility index (Phi) is 6.12. The molecule has 1 heterocycles. The molecule has 1 fully saturated rings. The molecule has 0 bridgehead atoms. The van der Waals surface area contributed by atoms with Crippen molar-refractivity contribution in [3.63, 3.8) is 0 Å². The lowest BCUT2D eigenvalue weighted by molar-refractivity contribution is -0.133. The Balaban J connectivity index is 2.34. The second-order valence-corrected chi connectivity index (χ2v) is 4.92. The summed E-state index contributed by atoms with van der Waals surface area (Å²) in [6, 6.07) is -0.141. The van der Waals surface area contributed by atoms with E-state index in [2.05, 4.69) is 17.6 Å². The van der Waals surface area contributed by atoms with Crippen molar-refractivity contribution in [2.45, 2.75) is 39.7 Å². The third-order valence-electron chi connectivity index (χ3n) is 3.51. The average molecular weight is 255 g/mol. The molecule has 5 nitrogen and oxygen atoms in total. The normalized spacial score (nSPS) is 23.5. The number of piperidine rings is 1. The summed E-state index contributed by atoms with van der Waals surface area (Å²) in [6.07, 6.45) is 1.97. The van der Waals surface area contributed by atoms with E-state index in [1.807, 2.05) is 13.8 Å². The van der Waals surface area contributed by atoms with E-state index in [0.717, 1.165) is 19.4 Å². The van der Waals surface area contributed by atoms with Crippen LogP contribution in [0, 0.1) is 5.92 Å². The number of likely N-dealkylation sites (N-methyl/N-ethyl adjacent to an activating group) is 1. The Labute approximate surface area is 109 Å². The molecule has 0 aromatic heterocycles. The van der Waals surface area contributed by atoms with Crippen LogP contribution >= 0.6 is 0 Å². The molecule has 104 valence electrons. The van der Waals surface area contributed by atoms with E-state index in [0.29, 0.717) is 19.0 Å². The minimum Gasteiger partial charge on any atom is -0.346 e. The van der Waals surface area contributed by atoms with Gasteiger partial charge < -0.3 is 15.5 Å². The first kappa shape index (κ1) is 15.0. The Morgan fingerprint density at radius 3 is 2.56 bits per heavy atom. The highest BCUT2D eigenvalue weighted by Gasteiger charge is 2.24. The summed E-state index contributed by atoms with van der Waals surface area (Å²) < 4.78 is 0. The zero-order valence-corrected chi connectivity index (χ0v) is 11.7. The van der Waals surface area contributed by atoms with Crippen LogP contribution in [-0.2, 0) is 9.59 Å². The second kappa shape index (κ2) is 7.36. The lowest BCUT2D eigenvalue weighted by Crippen LogP contribution is -2.50. The van der Waals surface area contributed by atoms with Gasteiger partial charge in [-0.2, -0.15) is 0 Å². The molecule has 0 aliphatic carbocycles. The van der Waals surface area contributed by atoms with Crippen LogP contribution in [0.1, 0.15) is 33.6 Å². The fourth-order valence-corrected chi connectivity index (χ4v) is 2.28. The number of nitrogens with zero attached hydrogens (tertiary/aromatic N) is 1. The number of nitrogens with one attached hydrogen (secondary N) is 2. The molecular formula is C13H25N3O2. The molecule has 2 atom stereocenters. The predicted octanol–water partition coefficient (Wildman–Crippen LogP) is 0.359. The van der Waals surface area contributed by atoms with Gasteiger partial charge in [0.2, 0.25) is 11.8 Å². The van der Waals surface area contributed by atoms with Crippen LogP contribution in [0.25, 0.3) is 0 Å². The van der Waals surface area contributed by atoms with Crippen LogP contribution in [0.3, 0.4) is 0 Å². The molecule has 1 aliphatic heterocycles. The van der Waals surface area contributed by atoms with Crippen molar-refractivity contribution in [2.24, 2.45) is 5.92 Å². The minimum absolute atomic E-state index is 0.0165. The van der Waals surface area contributed by atoms with Gasteiger partial charge in [-0.15, -0.1) is 0 Å². The molecule has 2 amide bonds. The smallest absolute Gasteiger partial charge is 0.241 e. The van der Waals surface area contributed by atoms with Gasteiger partial charge in [0.15, 0.2) is 0 Å². The quantitative estimate of drug-likeness (QED) is 0.745. The highest BCUT2D eigenvalue weighted by atomic mass is 16.2. The molecule has 1 saturated heterocycles. The van der Waals surface area contributed by atoms with Crippen LogP contribution < -0.4 is 10.6 Å². The van der Waals surface area contributed by atoms with Crippen molar-refractivity contribution in [1.82, 2.24) is 15.5 Å². The van der Waals surface area contributed by atoms with Gasteiger partial charge in [0.05, 0.1) is 12.6 Å². The first-order valence-corrected chi connectivity index (χ1v) is 6.87. The monoisotopic (exact) mass is 255 g/mol. The molecule has 0 saturated carbocycles. The Hall–Kier alpha value is -1.10. The summed E-state index contributed by atoms with van der Waals surface area (Å²) >= 11 is 0. The van der Waals surface area contributed by atoms with Crippen LogP contribution in [0.2, 0.25) is 0 Å². The fraction of sp³-hybridized carbons (Fsp3) is 0.846. The summed E-state index contributed by atoms with van der Waals surface area (Å²) in [6.45, 7) is 8.38. The number of rotatable bonds is 5. The summed E-state index contributed by atoms with van der Waals surface area (Å²) in [7, 11) is 0. The average Bonchev–Trinajstić information content (AvgIpc) is 2.37. The van der Waals surface area contributed by atoms with Crippen LogP contribution in [-0.4, -0.2) is 48.9 Å². The van der Waals surface area contributed by atoms with Crippen LogP contribution in [0.4, 0.5) is 0 Å². The van der Waals surface area contributed by atoms with Crippen molar-refractivity contribution in [3.05, 3.63) is 0 Å². The van der Waals surface area contributed by atoms with E-state index in [1.165, 1.54) is 0 Å². The van der Waals surface area contributed by atoms with Gasteiger partial charge in [0.25, 0.3) is 0 Å². The van der Waals surface area contributed by atoms with Crippen molar-refractivity contribution < 1.29 is 9.59 Å². The largest absolute Gasteiger partial charge is 0.346 e. The van der Waals surface area contributed by atoms with Gasteiger partial charge in [0.1, 0.15) is 0 Å². The maximum atomic E-state index is 11.9. The van der Waals surface area contributed by atoms with E-state index >= 15 is 0 Å². The van der Waals surface area contributed by atoms with Gasteiger partial charge in [-0.25, -0.2) is 0 Å². The molecule has 1 rings (SSSR count). The van der Waals surface area contributed by atoms with Gasteiger partial charge in [-0.1, -0.05) is 6.92 Å². The summed E-state index contributed by atoms with van der Waals surface area (Å²) in [4.78, 5) is 25.4. The summed E-state index contributed by atoms with van der Waals surface area (Å²) in [5.41, 5.74) is 0. The Bertz CT molecular complexity index is 290. The molecule has 1 aliphatic rings. The topological polar surface area (TPSA) is 61.4 Å². The predicted molar refractivity (Wildman–Crippen MR) is 71.1 cm³/mol. The van der Waals surface area contributed by atoms with E-state index in [1.54, 1.807) is 4.90 Å². The number of carbonyl (C=O) groups excluding carboxylic acids is 2. The molecule has 2 unspecified atom stereocenters. The van der Waals surface area contributed by atoms with Crippen LogP contribution in [0.5, 0.6) is 0 Å². The van der Waals surface area contributed by atoms with Gasteiger partial charge in [0, 0.05) is 13.1 Å². The SMILES string of the molecule is CCN(CC)C(=O)CNC(=O)C1CC(C)CCN1.